The molecule has 2 N–H and O–H groups in total. The lowest BCUT2D eigenvalue weighted by Crippen LogP contribution is -2.43. The van der Waals surface area contributed by atoms with Gasteiger partial charge < -0.3 is 10.2 Å². The monoisotopic (exact) mass is 386 g/mol. The van der Waals surface area contributed by atoms with Crippen LogP contribution in [0.15, 0.2) is 35.7 Å². The van der Waals surface area contributed by atoms with Crippen molar-refractivity contribution in [1.29, 1.82) is 0 Å². The summed E-state index contributed by atoms with van der Waals surface area (Å²) in [6.45, 7) is 1.16. The van der Waals surface area contributed by atoms with Crippen molar-refractivity contribution < 1.29 is 14.4 Å². The van der Waals surface area contributed by atoms with Gasteiger partial charge in [-0.05, 0) is 25.0 Å². The average Bonchev–Trinajstić information content (AvgIpc) is 3.14. The average molecular weight is 386 g/mol. The van der Waals surface area contributed by atoms with Gasteiger partial charge in [0.2, 0.25) is 11.8 Å². The zero-order valence-electron chi connectivity index (χ0n) is 15.1. The summed E-state index contributed by atoms with van der Waals surface area (Å²) < 4.78 is 0. The van der Waals surface area contributed by atoms with Crippen molar-refractivity contribution in [2.45, 2.75) is 19.3 Å². The third-order valence-electron chi connectivity index (χ3n) is 4.61. The van der Waals surface area contributed by atoms with Crippen LogP contribution in [0, 0.1) is 5.92 Å². The summed E-state index contributed by atoms with van der Waals surface area (Å²) >= 11 is 1.30. The van der Waals surface area contributed by atoms with E-state index in [1.54, 1.807) is 41.6 Å². The van der Waals surface area contributed by atoms with Crippen molar-refractivity contribution in [2.24, 2.45) is 5.92 Å². The summed E-state index contributed by atoms with van der Waals surface area (Å²) in [6.07, 6.45) is 1.56. The minimum absolute atomic E-state index is 0.00316. The first-order chi connectivity index (χ1) is 13.1. The molecule has 0 atom stereocenters. The Hall–Kier alpha value is -2.74. The van der Waals surface area contributed by atoms with Crippen molar-refractivity contribution >= 4 is 34.2 Å². The highest BCUT2D eigenvalue weighted by atomic mass is 32.1. The second kappa shape index (κ2) is 8.77. The number of aromatic nitrogens is 1. The number of carbonyl (C=O) groups is 3. The van der Waals surface area contributed by atoms with Crippen LogP contribution in [0.2, 0.25) is 0 Å². The number of nitrogens with zero attached hydrogens (tertiary/aromatic N) is 2. The number of amides is 3. The number of carbonyl (C=O) groups excluding carboxylic acids is 3. The molecule has 8 heteroatoms. The summed E-state index contributed by atoms with van der Waals surface area (Å²) in [5.41, 5.74) is 1.20. The molecule has 1 saturated heterocycles. The highest BCUT2D eigenvalue weighted by molar-refractivity contribution is 7.14. The predicted molar refractivity (Wildman–Crippen MR) is 104 cm³/mol. The fourth-order valence-electron chi connectivity index (χ4n) is 3.07. The maximum absolute atomic E-state index is 12.5. The normalized spacial score (nSPS) is 14.6. The minimum Gasteiger partial charge on any atom is -0.359 e. The molecule has 1 aromatic heterocycles. The molecule has 2 aromatic rings. The predicted octanol–water partition coefficient (Wildman–Crippen LogP) is 1.92. The topological polar surface area (TPSA) is 91.4 Å². The Balaban J connectivity index is 1.51. The highest BCUT2D eigenvalue weighted by Gasteiger charge is 2.27. The van der Waals surface area contributed by atoms with Gasteiger partial charge in [-0.3, -0.25) is 19.7 Å². The molecule has 0 aliphatic carbocycles. The standard InChI is InChI=1S/C19H22N4O3S/c1-20-17(25)14-7-9-23(10-8-14)16(24)11-15-12-27-19(21-15)22-18(26)13-5-3-2-4-6-13/h2-6,12,14H,7-11H2,1H3,(H,20,25)(H,21,22,26). The molecule has 3 amide bonds. The van der Waals surface area contributed by atoms with Crippen molar-refractivity contribution in [2.75, 3.05) is 25.5 Å². The van der Waals surface area contributed by atoms with E-state index in [0.717, 1.165) is 0 Å². The fourth-order valence-corrected chi connectivity index (χ4v) is 3.77. The fraction of sp³-hybridized carbons (Fsp3) is 0.368. The number of anilines is 1. The van der Waals surface area contributed by atoms with E-state index in [9.17, 15) is 14.4 Å². The van der Waals surface area contributed by atoms with Crippen LogP contribution < -0.4 is 10.6 Å². The molecule has 1 aromatic carbocycles. The number of benzene rings is 1. The largest absolute Gasteiger partial charge is 0.359 e. The van der Waals surface area contributed by atoms with Crippen molar-refractivity contribution in [3.05, 3.63) is 47.0 Å². The zero-order valence-corrected chi connectivity index (χ0v) is 15.9. The molecule has 27 heavy (non-hydrogen) atoms. The van der Waals surface area contributed by atoms with Gasteiger partial charge in [-0.2, -0.15) is 0 Å². The zero-order chi connectivity index (χ0) is 19.2. The molecule has 3 rings (SSSR count). The maximum Gasteiger partial charge on any atom is 0.257 e. The van der Waals surface area contributed by atoms with Gasteiger partial charge in [0.1, 0.15) is 0 Å². The van der Waals surface area contributed by atoms with Gasteiger partial charge in [0.25, 0.3) is 5.91 Å². The van der Waals surface area contributed by atoms with E-state index in [1.165, 1.54) is 11.3 Å². The number of rotatable bonds is 5. The Kier molecular flexibility index (Phi) is 6.18. The van der Waals surface area contributed by atoms with Crippen LogP contribution in [0.4, 0.5) is 5.13 Å². The van der Waals surface area contributed by atoms with Gasteiger partial charge in [-0.1, -0.05) is 18.2 Å². The van der Waals surface area contributed by atoms with E-state index in [0.29, 0.717) is 42.3 Å². The first-order valence-electron chi connectivity index (χ1n) is 8.87. The van der Waals surface area contributed by atoms with Crippen molar-refractivity contribution in [1.82, 2.24) is 15.2 Å². The van der Waals surface area contributed by atoms with Gasteiger partial charge in [-0.15, -0.1) is 11.3 Å². The Morgan fingerprint density at radius 2 is 1.89 bits per heavy atom. The summed E-state index contributed by atoms with van der Waals surface area (Å²) in [7, 11) is 1.64. The van der Waals surface area contributed by atoms with Crippen LogP contribution in [-0.4, -0.2) is 47.7 Å². The molecule has 0 spiro atoms. The van der Waals surface area contributed by atoms with E-state index in [1.807, 2.05) is 6.07 Å². The Morgan fingerprint density at radius 1 is 1.19 bits per heavy atom. The van der Waals surface area contributed by atoms with Gasteiger partial charge in [-0.25, -0.2) is 4.98 Å². The molecule has 0 saturated carbocycles. The lowest BCUT2D eigenvalue weighted by Gasteiger charge is -2.31. The molecule has 1 fully saturated rings. The molecule has 7 nitrogen and oxygen atoms in total. The molecule has 2 heterocycles. The highest BCUT2D eigenvalue weighted by Crippen LogP contribution is 2.20. The molecule has 0 bridgehead atoms. The van der Waals surface area contributed by atoms with Crippen LogP contribution in [0.1, 0.15) is 28.9 Å². The van der Waals surface area contributed by atoms with Crippen molar-refractivity contribution in [3.8, 4) is 0 Å². The second-order valence-corrected chi connectivity index (χ2v) is 7.27. The molecule has 1 aliphatic rings. The van der Waals surface area contributed by atoms with E-state index in [-0.39, 0.29) is 30.1 Å². The van der Waals surface area contributed by atoms with Crippen LogP contribution in [0.25, 0.3) is 0 Å². The Morgan fingerprint density at radius 3 is 2.56 bits per heavy atom. The first kappa shape index (κ1) is 19.0. The number of piperidine rings is 1. The first-order valence-corrected chi connectivity index (χ1v) is 9.75. The van der Waals surface area contributed by atoms with Crippen molar-refractivity contribution in [3.63, 3.8) is 0 Å². The van der Waals surface area contributed by atoms with Gasteiger partial charge in [0, 0.05) is 37.0 Å². The summed E-state index contributed by atoms with van der Waals surface area (Å²) in [4.78, 5) is 42.4. The van der Waals surface area contributed by atoms with Gasteiger partial charge in [0.05, 0.1) is 12.1 Å². The Bertz CT molecular complexity index is 813. The van der Waals surface area contributed by atoms with E-state index < -0.39 is 0 Å². The van der Waals surface area contributed by atoms with E-state index in [2.05, 4.69) is 15.6 Å². The SMILES string of the molecule is CNC(=O)C1CCN(C(=O)Cc2csc(NC(=O)c3ccccc3)n2)CC1. The number of hydrogen-bond donors (Lipinski definition) is 2. The number of nitrogens with one attached hydrogen (secondary N) is 2. The molecule has 0 unspecified atom stereocenters. The lowest BCUT2D eigenvalue weighted by molar-refractivity contribution is -0.135. The van der Waals surface area contributed by atoms with Crippen LogP contribution in [-0.2, 0) is 16.0 Å². The lowest BCUT2D eigenvalue weighted by atomic mass is 9.96. The molecular weight excluding hydrogens is 364 g/mol. The molecule has 1 aliphatic heterocycles. The third-order valence-corrected chi connectivity index (χ3v) is 5.41. The summed E-state index contributed by atoms with van der Waals surface area (Å²) in [6, 6.07) is 8.91. The van der Waals surface area contributed by atoms with E-state index >= 15 is 0 Å². The number of hydrogen-bond acceptors (Lipinski definition) is 5. The van der Waals surface area contributed by atoms with Crippen LogP contribution in [0.3, 0.4) is 0 Å². The van der Waals surface area contributed by atoms with Gasteiger partial charge >= 0.3 is 0 Å². The molecule has 142 valence electrons. The second-order valence-electron chi connectivity index (χ2n) is 6.41. The quantitative estimate of drug-likeness (QED) is 0.821. The van der Waals surface area contributed by atoms with Crippen LogP contribution >= 0.6 is 11.3 Å². The molecule has 0 radical (unpaired) electrons. The number of likely N-dealkylation sites (tertiary alicyclic amines) is 1. The third kappa shape index (κ3) is 4.91. The number of thiazole rings is 1. The summed E-state index contributed by atoms with van der Waals surface area (Å²) in [5, 5.41) is 7.68. The maximum atomic E-state index is 12.5. The summed E-state index contributed by atoms with van der Waals surface area (Å²) in [5.74, 6) is -0.200. The minimum atomic E-state index is -0.223. The van der Waals surface area contributed by atoms with E-state index in [4.69, 9.17) is 0 Å². The van der Waals surface area contributed by atoms with Crippen LogP contribution in [0.5, 0.6) is 0 Å². The van der Waals surface area contributed by atoms with Gasteiger partial charge in [0.15, 0.2) is 5.13 Å². The Labute approximate surface area is 161 Å². The molecular formula is C19H22N4O3S. The smallest absolute Gasteiger partial charge is 0.257 e.